The number of hydrogen-bond donors (Lipinski definition) is 0. The largest absolute Gasteiger partial charge is 0.297 e. The summed E-state index contributed by atoms with van der Waals surface area (Å²) >= 11 is 4.44. The second kappa shape index (κ2) is 4.20. The molecule has 0 amide bonds. The van der Waals surface area contributed by atoms with Gasteiger partial charge in [0, 0.05) is 16.2 Å². The number of carbonyl (C=O) groups excluding carboxylic acids is 1. The molecule has 1 aromatic carbocycles. The SMILES string of the molecule is O=Cc1cnc(-c2cc(F)cc(Br)c2)s1. The lowest BCUT2D eigenvalue weighted by molar-refractivity contribution is 0.112. The Morgan fingerprint density at radius 2 is 2.20 bits per heavy atom. The molecule has 1 heterocycles. The van der Waals surface area contributed by atoms with Crippen molar-refractivity contribution in [3.63, 3.8) is 0 Å². The van der Waals surface area contributed by atoms with E-state index in [2.05, 4.69) is 20.9 Å². The number of carbonyl (C=O) groups is 1. The summed E-state index contributed by atoms with van der Waals surface area (Å²) in [6.07, 6.45) is 2.21. The third-order valence-electron chi connectivity index (χ3n) is 1.75. The van der Waals surface area contributed by atoms with E-state index in [1.165, 1.54) is 29.7 Å². The molecule has 0 spiro atoms. The van der Waals surface area contributed by atoms with Gasteiger partial charge < -0.3 is 0 Å². The Balaban J connectivity index is 2.48. The minimum Gasteiger partial charge on any atom is -0.297 e. The maximum atomic E-state index is 13.1. The van der Waals surface area contributed by atoms with Gasteiger partial charge in [0.05, 0.1) is 4.88 Å². The Bertz CT molecular complexity index is 492. The Morgan fingerprint density at radius 3 is 2.80 bits per heavy atom. The van der Waals surface area contributed by atoms with Gasteiger partial charge in [0.1, 0.15) is 10.8 Å². The highest BCUT2D eigenvalue weighted by atomic mass is 79.9. The zero-order valence-electron chi connectivity index (χ0n) is 7.41. The van der Waals surface area contributed by atoms with Crippen LogP contribution in [0.25, 0.3) is 10.6 Å². The van der Waals surface area contributed by atoms with E-state index >= 15 is 0 Å². The number of aromatic nitrogens is 1. The summed E-state index contributed by atoms with van der Waals surface area (Å²) in [5.41, 5.74) is 0.667. The van der Waals surface area contributed by atoms with Crippen molar-refractivity contribution in [3.05, 3.63) is 39.6 Å². The highest BCUT2D eigenvalue weighted by molar-refractivity contribution is 9.10. The van der Waals surface area contributed by atoms with Crippen molar-refractivity contribution in [2.75, 3.05) is 0 Å². The maximum absolute atomic E-state index is 13.1. The molecule has 5 heteroatoms. The van der Waals surface area contributed by atoms with Crippen molar-refractivity contribution in [3.8, 4) is 10.6 Å². The van der Waals surface area contributed by atoms with Gasteiger partial charge in [0.2, 0.25) is 0 Å². The minimum absolute atomic E-state index is 0.331. The van der Waals surface area contributed by atoms with Crippen LogP contribution in [0.2, 0.25) is 0 Å². The van der Waals surface area contributed by atoms with Crippen molar-refractivity contribution in [1.29, 1.82) is 0 Å². The Kier molecular flexibility index (Phi) is 2.93. The Labute approximate surface area is 97.9 Å². The van der Waals surface area contributed by atoms with Crippen molar-refractivity contribution >= 4 is 33.6 Å². The first-order valence-corrected chi connectivity index (χ1v) is 5.67. The van der Waals surface area contributed by atoms with E-state index in [9.17, 15) is 9.18 Å². The monoisotopic (exact) mass is 285 g/mol. The van der Waals surface area contributed by atoms with Crippen LogP contribution in [-0.4, -0.2) is 11.3 Å². The Morgan fingerprint density at radius 1 is 1.40 bits per heavy atom. The molecule has 0 radical (unpaired) electrons. The predicted molar refractivity (Wildman–Crippen MR) is 60.6 cm³/mol. The molecule has 2 aromatic rings. The summed E-state index contributed by atoms with van der Waals surface area (Å²) in [6.45, 7) is 0. The van der Waals surface area contributed by atoms with Gasteiger partial charge in [-0.25, -0.2) is 9.37 Å². The molecule has 0 aliphatic rings. The van der Waals surface area contributed by atoms with Crippen LogP contribution in [0.5, 0.6) is 0 Å². The fourth-order valence-corrected chi connectivity index (χ4v) is 2.34. The van der Waals surface area contributed by atoms with Gasteiger partial charge >= 0.3 is 0 Å². The normalized spacial score (nSPS) is 10.3. The van der Waals surface area contributed by atoms with Gasteiger partial charge in [-0.15, -0.1) is 11.3 Å². The lowest BCUT2D eigenvalue weighted by Crippen LogP contribution is -1.79. The molecule has 0 atom stereocenters. The highest BCUT2D eigenvalue weighted by Gasteiger charge is 2.06. The second-order valence-electron chi connectivity index (χ2n) is 2.84. The molecule has 0 saturated heterocycles. The highest BCUT2D eigenvalue weighted by Crippen LogP contribution is 2.27. The summed E-state index contributed by atoms with van der Waals surface area (Å²) in [4.78, 5) is 15.0. The molecule has 0 N–H and O–H groups in total. The average Bonchev–Trinajstić information content (AvgIpc) is 2.64. The minimum atomic E-state index is -0.331. The Hall–Kier alpha value is -1.07. The zero-order chi connectivity index (χ0) is 10.8. The van der Waals surface area contributed by atoms with Crippen molar-refractivity contribution in [2.45, 2.75) is 0 Å². The molecule has 0 aliphatic heterocycles. The number of halogens is 2. The van der Waals surface area contributed by atoms with Gasteiger partial charge in [0.15, 0.2) is 6.29 Å². The third-order valence-corrected chi connectivity index (χ3v) is 3.18. The standard InChI is InChI=1S/C10H5BrFNOS/c11-7-1-6(2-8(12)3-7)10-13-4-9(5-14)15-10/h1-5H. The smallest absolute Gasteiger partial charge is 0.161 e. The molecule has 0 bridgehead atoms. The van der Waals surface area contributed by atoms with E-state index in [4.69, 9.17) is 0 Å². The zero-order valence-corrected chi connectivity index (χ0v) is 9.81. The maximum Gasteiger partial charge on any atom is 0.161 e. The van der Waals surface area contributed by atoms with Crippen molar-refractivity contribution in [2.24, 2.45) is 0 Å². The van der Waals surface area contributed by atoms with E-state index in [-0.39, 0.29) is 5.82 Å². The summed E-state index contributed by atoms with van der Waals surface area (Å²) in [5.74, 6) is -0.331. The van der Waals surface area contributed by atoms with Gasteiger partial charge in [0.25, 0.3) is 0 Å². The molecule has 2 nitrogen and oxygen atoms in total. The number of hydrogen-bond acceptors (Lipinski definition) is 3. The predicted octanol–water partition coefficient (Wildman–Crippen LogP) is 3.52. The molecular weight excluding hydrogens is 281 g/mol. The quantitative estimate of drug-likeness (QED) is 0.790. The fourth-order valence-electron chi connectivity index (χ4n) is 1.15. The average molecular weight is 286 g/mol. The van der Waals surface area contributed by atoms with Crippen molar-refractivity contribution < 1.29 is 9.18 Å². The van der Waals surface area contributed by atoms with Crippen LogP contribution in [0.4, 0.5) is 4.39 Å². The molecule has 0 aliphatic carbocycles. The first-order chi connectivity index (χ1) is 7.19. The number of nitrogens with zero attached hydrogens (tertiary/aromatic N) is 1. The van der Waals surface area contributed by atoms with Gasteiger partial charge in [-0.2, -0.15) is 0 Å². The third kappa shape index (κ3) is 2.30. The summed E-state index contributed by atoms with van der Waals surface area (Å²) < 4.78 is 13.7. The summed E-state index contributed by atoms with van der Waals surface area (Å²) in [6, 6.07) is 4.52. The number of rotatable bonds is 2. The van der Waals surface area contributed by atoms with E-state index in [1.807, 2.05) is 0 Å². The molecule has 15 heavy (non-hydrogen) atoms. The first kappa shape index (κ1) is 10.4. The van der Waals surface area contributed by atoms with Gasteiger partial charge in [-0.1, -0.05) is 15.9 Å². The van der Waals surface area contributed by atoms with Crippen LogP contribution in [-0.2, 0) is 0 Å². The van der Waals surface area contributed by atoms with Crippen LogP contribution in [0.3, 0.4) is 0 Å². The topological polar surface area (TPSA) is 30.0 Å². The second-order valence-corrected chi connectivity index (χ2v) is 4.82. The number of aldehydes is 1. The molecule has 0 fully saturated rings. The van der Waals surface area contributed by atoms with Crippen LogP contribution in [0.1, 0.15) is 9.67 Å². The lowest BCUT2D eigenvalue weighted by atomic mass is 10.2. The van der Waals surface area contributed by atoms with E-state index in [0.29, 0.717) is 19.9 Å². The molecule has 0 unspecified atom stereocenters. The summed E-state index contributed by atoms with van der Waals surface area (Å²) in [5, 5.41) is 0.636. The van der Waals surface area contributed by atoms with E-state index in [1.54, 1.807) is 6.07 Å². The molecule has 2 rings (SSSR count). The first-order valence-electron chi connectivity index (χ1n) is 4.06. The van der Waals surface area contributed by atoms with Gasteiger partial charge in [-0.05, 0) is 18.2 Å². The van der Waals surface area contributed by atoms with Crippen LogP contribution in [0, 0.1) is 5.82 Å². The lowest BCUT2D eigenvalue weighted by Gasteiger charge is -1.97. The van der Waals surface area contributed by atoms with Crippen molar-refractivity contribution in [1.82, 2.24) is 4.98 Å². The fraction of sp³-hybridized carbons (Fsp3) is 0. The number of thiazole rings is 1. The molecule has 76 valence electrons. The molecule has 1 aromatic heterocycles. The molecular formula is C10H5BrFNOS. The number of benzene rings is 1. The van der Waals surface area contributed by atoms with E-state index < -0.39 is 0 Å². The van der Waals surface area contributed by atoms with Gasteiger partial charge in [-0.3, -0.25) is 4.79 Å². The van der Waals surface area contributed by atoms with E-state index in [0.717, 1.165) is 6.29 Å². The molecule has 0 saturated carbocycles. The van der Waals surface area contributed by atoms with Crippen LogP contribution < -0.4 is 0 Å². The van der Waals surface area contributed by atoms with Crippen LogP contribution in [0.15, 0.2) is 28.9 Å². The summed E-state index contributed by atoms with van der Waals surface area (Å²) in [7, 11) is 0. The van der Waals surface area contributed by atoms with Crippen LogP contribution >= 0.6 is 27.3 Å².